The van der Waals surface area contributed by atoms with Crippen molar-refractivity contribution < 1.29 is 13.2 Å². The molecule has 0 aliphatic carbocycles. The zero-order valence-electron chi connectivity index (χ0n) is 8.75. The van der Waals surface area contributed by atoms with Crippen LogP contribution in [0.2, 0.25) is 0 Å². The summed E-state index contributed by atoms with van der Waals surface area (Å²) in [5, 5.41) is 0. The number of halogens is 3. The second-order valence-electron chi connectivity index (χ2n) is 3.42. The Morgan fingerprint density at radius 3 is 2.29 bits per heavy atom. The average molecular weight is 235 g/mol. The Hall–Kier alpha value is -2.10. The zero-order valence-corrected chi connectivity index (χ0v) is 8.75. The van der Waals surface area contributed by atoms with E-state index in [1.165, 1.54) is 18.3 Å². The predicted molar refractivity (Wildman–Crippen MR) is 59.6 cm³/mol. The van der Waals surface area contributed by atoms with E-state index in [0.717, 1.165) is 18.2 Å². The van der Waals surface area contributed by atoms with Gasteiger partial charge < -0.3 is 0 Å². The molecule has 0 fully saturated rings. The maximum absolute atomic E-state index is 13.8. The van der Waals surface area contributed by atoms with Gasteiger partial charge in [0.25, 0.3) is 0 Å². The molecule has 1 aromatic carbocycles. The van der Waals surface area contributed by atoms with Gasteiger partial charge in [-0.2, -0.15) is 0 Å². The van der Waals surface area contributed by atoms with Crippen molar-refractivity contribution in [2.75, 3.05) is 0 Å². The lowest BCUT2D eigenvalue weighted by Gasteiger charge is -2.05. The Morgan fingerprint density at radius 1 is 1.06 bits per heavy atom. The van der Waals surface area contributed by atoms with Crippen LogP contribution in [0, 0.1) is 17.5 Å². The van der Waals surface area contributed by atoms with E-state index in [4.69, 9.17) is 0 Å². The third-order valence-corrected chi connectivity index (χ3v) is 2.28. The van der Waals surface area contributed by atoms with Crippen molar-refractivity contribution in [3.05, 3.63) is 60.2 Å². The standard InChI is InChI=1S/C13H8F3N/c1-2-12-13(16)11(3-4-17-12)8-5-9(14)7-10(15)6-8/h2-7H,1H2. The van der Waals surface area contributed by atoms with Crippen LogP contribution in [0.15, 0.2) is 37.0 Å². The molecule has 0 aliphatic rings. The van der Waals surface area contributed by atoms with E-state index < -0.39 is 17.5 Å². The van der Waals surface area contributed by atoms with Gasteiger partial charge in [0.05, 0.1) is 5.69 Å². The molecule has 2 rings (SSSR count). The summed E-state index contributed by atoms with van der Waals surface area (Å²) in [6.45, 7) is 3.41. The molecule has 4 heteroatoms. The van der Waals surface area contributed by atoms with Gasteiger partial charge in [-0.1, -0.05) is 6.58 Å². The fourth-order valence-corrected chi connectivity index (χ4v) is 1.53. The minimum atomic E-state index is -0.753. The van der Waals surface area contributed by atoms with E-state index in [9.17, 15) is 13.2 Å². The van der Waals surface area contributed by atoms with Crippen LogP contribution in [0.4, 0.5) is 13.2 Å². The zero-order chi connectivity index (χ0) is 12.4. The smallest absolute Gasteiger partial charge is 0.156 e. The van der Waals surface area contributed by atoms with Gasteiger partial charge in [-0.25, -0.2) is 13.2 Å². The van der Waals surface area contributed by atoms with Crippen LogP contribution in [0.5, 0.6) is 0 Å². The summed E-state index contributed by atoms with van der Waals surface area (Å²) in [4.78, 5) is 3.75. The lowest BCUT2D eigenvalue weighted by atomic mass is 10.0. The highest BCUT2D eigenvalue weighted by Crippen LogP contribution is 2.25. The van der Waals surface area contributed by atoms with Gasteiger partial charge in [0.1, 0.15) is 11.6 Å². The highest BCUT2D eigenvalue weighted by atomic mass is 19.1. The third kappa shape index (κ3) is 2.20. The fourth-order valence-electron chi connectivity index (χ4n) is 1.53. The van der Waals surface area contributed by atoms with E-state index in [-0.39, 0.29) is 16.8 Å². The van der Waals surface area contributed by atoms with Crippen LogP contribution in [0.25, 0.3) is 17.2 Å². The Labute approximate surface area is 96.2 Å². The van der Waals surface area contributed by atoms with Crippen molar-refractivity contribution in [3.63, 3.8) is 0 Å². The molecule has 1 nitrogen and oxygen atoms in total. The molecule has 0 spiro atoms. The first kappa shape index (κ1) is 11.4. The minimum absolute atomic E-state index is 0.0483. The second-order valence-corrected chi connectivity index (χ2v) is 3.42. The van der Waals surface area contributed by atoms with Crippen LogP contribution in [0.3, 0.4) is 0 Å². The molecule has 1 heterocycles. The molecule has 1 aromatic heterocycles. The minimum Gasteiger partial charge on any atom is -0.254 e. The number of nitrogens with zero attached hydrogens (tertiary/aromatic N) is 1. The number of rotatable bonds is 2. The van der Waals surface area contributed by atoms with Crippen molar-refractivity contribution in [2.24, 2.45) is 0 Å². The summed E-state index contributed by atoms with van der Waals surface area (Å²) in [6, 6.07) is 4.22. The monoisotopic (exact) mass is 235 g/mol. The van der Waals surface area contributed by atoms with Gasteiger partial charge in [0.15, 0.2) is 5.82 Å². The van der Waals surface area contributed by atoms with Crippen molar-refractivity contribution in [1.82, 2.24) is 4.98 Å². The van der Waals surface area contributed by atoms with E-state index in [0.29, 0.717) is 0 Å². The van der Waals surface area contributed by atoms with Gasteiger partial charge in [0.2, 0.25) is 0 Å². The molecule has 0 radical (unpaired) electrons. The van der Waals surface area contributed by atoms with E-state index >= 15 is 0 Å². The molecular formula is C13H8F3N. The normalized spacial score (nSPS) is 10.3. The molecule has 0 bridgehead atoms. The van der Waals surface area contributed by atoms with Crippen LogP contribution >= 0.6 is 0 Å². The molecule has 17 heavy (non-hydrogen) atoms. The summed E-state index contributed by atoms with van der Waals surface area (Å²) in [5.74, 6) is -2.15. The molecule has 0 saturated heterocycles. The molecule has 0 N–H and O–H groups in total. The number of benzene rings is 1. The van der Waals surface area contributed by atoms with Crippen molar-refractivity contribution in [3.8, 4) is 11.1 Å². The van der Waals surface area contributed by atoms with Crippen LogP contribution in [-0.4, -0.2) is 4.98 Å². The lowest BCUT2D eigenvalue weighted by molar-refractivity contribution is 0.583. The van der Waals surface area contributed by atoms with Gasteiger partial charge in [-0.15, -0.1) is 0 Å². The van der Waals surface area contributed by atoms with Crippen LogP contribution in [0.1, 0.15) is 5.69 Å². The molecule has 0 unspecified atom stereocenters. The van der Waals surface area contributed by atoms with Crippen molar-refractivity contribution >= 4 is 6.08 Å². The molecule has 0 saturated carbocycles. The van der Waals surface area contributed by atoms with Gasteiger partial charge >= 0.3 is 0 Å². The molecule has 0 aliphatic heterocycles. The highest BCUT2D eigenvalue weighted by Gasteiger charge is 2.11. The Morgan fingerprint density at radius 2 is 1.71 bits per heavy atom. The maximum atomic E-state index is 13.8. The molecule has 86 valence electrons. The summed E-state index contributed by atoms with van der Waals surface area (Å²) < 4.78 is 39.9. The maximum Gasteiger partial charge on any atom is 0.156 e. The largest absolute Gasteiger partial charge is 0.254 e. The summed E-state index contributed by atoms with van der Waals surface area (Å²) in [7, 11) is 0. The number of aromatic nitrogens is 1. The molecule has 0 atom stereocenters. The lowest BCUT2D eigenvalue weighted by Crippen LogP contribution is -1.93. The topological polar surface area (TPSA) is 12.9 Å². The Bertz CT molecular complexity index is 559. The first-order valence-electron chi connectivity index (χ1n) is 4.85. The van der Waals surface area contributed by atoms with Crippen molar-refractivity contribution in [2.45, 2.75) is 0 Å². The van der Waals surface area contributed by atoms with Gasteiger partial charge in [-0.05, 0) is 29.8 Å². The van der Waals surface area contributed by atoms with Crippen LogP contribution < -0.4 is 0 Å². The summed E-state index contributed by atoms with van der Waals surface area (Å²) in [6.07, 6.45) is 2.60. The average Bonchev–Trinajstić information content (AvgIpc) is 2.28. The quantitative estimate of drug-likeness (QED) is 0.771. The third-order valence-electron chi connectivity index (χ3n) is 2.28. The predicted octanol–water partition coefficient (Wildman–Crippen LogP) is 3.81. The van der Waals surface area contributed by atoms with E-state index in [1.807, 2.05) is 0 Å². The molecule has 0 amide bonds. The Balaban J connectivity index is 2.64. The molecular weight excluding hydrogens is 227 g/mol. The number of hydrogen-bond acceptors (Lipinski definition) is 1. The SMILES string of the molecule is C=Cc1nccc(-c2cc(F)cc(F)c2)c1F. The number of hydrogen-bond donors (Lipinski definition) is 0. The summed E-state index contributed by atoms with van der Waals surface area (Å²) >= 11 is 0. The Kier molecular flexibility index (Phi) is 2.95. The first-order valence-corrected chi connectivity index (χ1v) is 4.85. The first-order chi connectivity index (χ1) is 8.11. The highest BCUT2D eigenvalue weighted by molar-refractivity contribution is 5.66. The summed E-state index contributed by atoms with van der Waals surface area (Å²) in [5.41, 5.74) is 0.269. The van der Waals surface area contributed by atoms with Crippen molar-refractivity contribution in [1.29, 1.82) is 0 Å². The van der Waals surface area contributed by atoms with E-state index in [2.05, 4.69) is 11.6 Å². The number of pyridine rings is 1. The van der Waals surface area contributed by atoms with Gasteiger partial charge in [0, 0.05) is 17.8 Å². The second kappa shape index (κ2) is 4.41. The van der Waals surface area contributed by atoms with Crippen LogP contribution in [-0.2, 0) is 0 Å². The van der Waals surface area contributed by atoms with E-state index in [1.54, 1.807) is 0 Å². The molecule has 2 aromatic rings. The van der Waals surface area contributed by atoms with Gasteiger partial charge in [-0.3, -0.25) is 4.98 Å². The fraction of sp³-hybridized carbons (Fsp3) is 0.